The van der Waals surface area contributed by atoms with Crippen LogP contribution in [-0.2, 0) is 20.0 Å². The summed E-state index contributed by atoms with van der Waals surface area (Å²) in [4.78, 5) is 0.112. The lowest BCUT2D eigenvalue weighted by Crippen LogP contribution is -2.50. The normalized spacial score (nSPS) is 16.4. The van der Waals surface area contributed by atoms with Crippen molar-refractivity contribution < 1.29 is 26.3 Å². The number of hydrogen-bond donors (Lipinski definition) is 0. The number of nitrogens with zero attached hydrogens (tertiary/aromatic N) is 2. The van der Waals surface area contributed by atoms with Gasteiger partial charge in [0.05, 0.1) is 24.1 Å². The SMILES string of the molecule is COc1ccc(S(=O)(=O)N2CCN(S(=O)(=O)c3c(C)cccc3Cl)CC2)cc1OC. The van der Waals surface area contributed by atoms with Crippen molar-refractivity contribution in [2.45, 2.75) is 16.7 Å². The van der Waals surface area contributed by atoms with Gasteiger partial charge in [0.15, 0.2) is 11.5 Å². The molecule has 0 aliphatic carbocycles. The fourth-order valence-corrected chi connectivity index (χ4v) is 6.99. The largest absolute Gasteiger partial charge is 0.493 e. The fraction of sp³-hybridized carbons (Fsp3) is 0.368. The molecule has 164 valence electrons. The van der Waals surface area contributed by atoms with E-state index in [0.29, 0.717) is 17.1 Å². The van der Waals surface area contributed by atoms with Crippen molar-refractivity contribution >= 4 is 31.6 Å². The van der Waals surface area contributed by atoms with Crippen LogP contribution in [0.2, 0.25) is 5.02 Å². The molecule has 2 aromatic carbocycles. The summed E-state index contributed by atoms with van der Waals surface area (Å²) in [6.45, 7) is 1.79. The maximum absolute atomic E-state index is 13.1. The number of piperazine rings is 1. The molecule has 0 spiro atoms. The number of halogens is 1. The molecule has 30 heavy (non-hydrogen) atoms. The highest BCUT2D eigenvalue weighted by molar-refractivity contribution is 7.89. The molecule has 0 unspecified atom stereocenters. The Kier molecular flexibility index (Phi) is 6.63. The highest BCUT2D eigenvalue weighted by Crippen LogP contribution is 2.32. The van der Waals surface area contributed by atoms with Crippen LogP contribution >= 0.6 is 11.6 Å². The van der Waals surface area contributed by atoms with Crippen LogP contribution in [-0.4, -0.2) is 65.8 Å². The predicted octanol–water partition coefficient (Wildman–Crippen LogP) is 2.36. The Morgan fingerprint density at radius 2 is 1.40 bits per heavy atom. The Balaban J connectivity index is 1.81. The van der Waals surface area contributed by atoms with Gasteiger partial charge in [0.25, 0.3) is 0 Å². The van der Waals surface area contributed by atoms with Crippen molar-refractivity contribution in [3.8, 4) is 11.5 Å². The molecular formula is C19H23ClN2O6S2. The lowest BCUT2D eigenvalue weighted by Gasteiger charge is -2.33. The number of benzene rings is 2. The fourth-order valence-electron chi connectivity index (χ4n) is 3.35. The standard InChI is InChI=1S/C19H23ClN2O6S2/c1-14-5-4-6-16(20)19(14)30(25,26)22-11-9-21(10-12-22)29(23,24)15-7-8-17(27-2)18(13-15)28-3/h4-8,13H,9-12H2,1-3H3. The predicted molar refractivity (Wildman–Crippen MR) is 113 cm³/mol. The summed E-state index contributed by atoms with van der Waals surface area (Å²) >= 11 is 6.13. The molecular weight excluding hydrogens is 452 g/mol. The zero-order valence-corrected chi connectivity index (χ0v) is 19.2. The number of sulfonamides is 2. The van der Waals surface area contributed by atoms with Gasteiger partial charge in [-0.05, 0) is 30.7 Å². The van der Waals surface area contributed by atoms with Crippen LogP contribution < -0.4 is 9.47 Å². The molecule has 2 aromatic rings. The second kappa shape index (κ2) is 8.72. The molecule has 0 bridgehead atoms. The zero-order valence-electron chi connectivity index (χ0n) is 16.8. The van der Waals surface area contributed by atoms with Gasteiger partial charge < -0.3 is 9.47 Å². The van der Waals surface area contributed by atoms with Gasteiger partial charge in [0, 0.05) is 32.2 Å². The van der Waals surface area contributed by atoms with E-state index in [1.165, 1.54) is 47.1 Å². The minimum absolute atomic E-state index is 0.0272. The summed E-state index contributed by atoms with van der Waals surface area (Å²) in [7, 11) is -4.76. The van der Waals surface area contributed by atoms with E-state index in [2.05, 4.69) is 0 Å². The van der Waals surface area contributed by atoms with Crippen molar-refractivity contribution in [1.82, 2.24) is 8.61 Å². The van der Waals surface area contributed by atoms with E-state index in [1.807, 2.05) is 0 Å². The second-order valence-electron chi connectivity index (χ2n) is 6.71. The summed E-state index contributed by atoms with van der Waals surface area (Å²) in [6, 6.07) is 9.24. The minimum Gasteiger partial charge on any atom is -0.493 e. The van der Waals surface area contributed by atoms with Crippen LogP contribution in [0.25, 0.3) is 0 Å². The first kappa shape index (κ1) is 22.8. The second-order valence-corrected chi connectivity index (χ2v) is 10.9. The van der Waals surface area contributed by atoms with Crippen LogP contribution in [0.15, 0.2) is 46.2 Å². The first-order valence-corrected chi connectivity index (χ1v) is 12.4. The maximum atomic E-state index is 13.1. The number of aryl methyl sites for hydroxylation is 1. The van der Waals surface area contributed by atoms with Gasteiger partial charge in [-0.25, -0.2) is 16.8 Å². The molecule has 1 heterocycles. The number of hydrogen-bond acceptors (Lipinski definition) is 6. The van der Waals surface area contributed by atoms with Gasteiger partial charge >= 0.3 is 0 Å². The monoisotopic (exact) mass is 474 g/mol. The Morgan fingerprint density at radius 3 is 1.93 bits per heavy atom. The van der Waals surface area contributed by atoms with Crippen LogP contribution in [0.5, 0.6) is 11.5 Å². The molecule has 0 atom stereocenters. The smallest absolute Gasteiger partial charge is 0.244 e. The first-order valence-electron chi connectivity index (χ1n) is 9.10. The van der Waals surface area contributed by atoms with E-state index in [-0.39, 0.29) is 41.0 Å². The van der Waals surface area contributed by atoms with E-state index in [4.69, 9.17) is 21.1 Å². The average molecular weight is 475 g/mol. The number of ether oxygens (including phenoxy) is 2. The highest BCUT2D eigenvalue weighted by Gasteiger charge is 2.35. The molecule has 0 aromatic heterocycles. The van der Waals surface area contributed by atoms with Crippen molar-refractivity contribution in [2.24, 2.45) is 0 Å². The molecule has 0 radical (unpaired) electrons. The van der Waals surface area contributed by atoms with Gasteiger partial charge in [0.1, 0.15) is 4.90 Å². The van der Waals surface area contributed by atoms with Crippen LogP contribution in [0.1, 0.15) is 5.56 Å². The van der Waals surface area contributed by atoms with E-state index in [9.17, 15) is 16.8 Å². The van der Waals surface area contributed by atoms with Gasteiger partial charge in [-0.3, -0.25) is 0 Å². The lowest BCUT2D eigenvalue weighted by molar-refractivity contribution is 0.272. The third-order valence-corrected chi connectivity index (χ3v) is 9.38. The Morgan fingerprint density at radius 1 is 0.833 bits per heavy atom. The number of methoxy groups -OCH3 is 2. The molecule has 1 aliphatic rings. The molecule has 1 fully saturated rings. The van der Waals surface area contributed by atoms with E-state index < -0.39 is 20.0 Å². The van der Waals surface area contributed by atoms with Gasteiger partial charge in [-0.15, -0.1) is 0 Å². The molecule has 3 rings (SSSR count). The van der Waals surface area contributed by atoms with Gasteiger partial charge in [0.2, 0.25) is 20.0 Å². The summed E-state index contributed by atoms with van der Waals surface area (Å²) in [6.07, 6.45) is 0. The zero-order chi connectivity index (χ0) is 22.1. The van der Waals surface area contributed by atoms with Crippen molar-refractivity contribution in [1.29, 1.82) is 0 Å². The first-order chi connectivity index (χ1) is 14.1. The third-order valence-electron chi connectivity index (χ3n) is 4.95. The van der Waals surface area contributed by atoms with E-state index >= 15 is 0 Å². The molecule has 1 saturated heterocycles. The molecule has 8 nitrogen and oxygen atoms in total. The molecule has 0 saturated carbocycles. The Hall–Kier alpha value is -1.85. The average Bonchev–Trinajstić information content (AvgIpc) is 2.73. The highest BCUT2D eigenvalue weighted by atomic mass is 35.5. The van der Waals surface area contributed by atoms with E-state index in [1.54, 1.807) is 19.1 Å². The Bertz CT molecular complexity index is 1120. The van der Waals surface area contributed by atoms with Crippen molar-refractivity contribution in [2.75, 3.05) is 40.4 Å². The van der Waals surface area contributed by atoms with Crippen molar-refractivity contribution in [3.05, 3.63) is 47.0 Å². The molecule has 0 N–H and O–H groups in total. The van der Waals surface area contributed by atoms with Crippen LogP contribution in [0.3, 0.4) is 0 Å². The summed E-state index contributed by atoms with van der Waals surface area (Å²) in [5.41, 5.74) is 0.544. The van der Waals surface area contributed by atoms with Crippen LogP contribution in [0.4, 0.5) is 0 Å². The lowest BCUT2D eigenvalue weighted by atomic mass is 10.2. The van der Waals surface area contributed by atoms with E-state index in [0.717, 1.165) is 0 Å². The van der Waals surface area contributed by atoms with Crippen molar-refractivity contribution in [3.63, 3.8) is 0 Å². The van der Waals surface area contributed by atoms with Crippen LogP contribution in [0, 0.1) is 6.92 Å². The van der Waals surface area contributed by atoms with Gasteiger partial charge in [-0.1, -0.05) is 23.7 Å². The minimum atomic E-state index is -3.83. The quantitative estimate of drug-likeness (QED) is 0.638. The summed E-state index contributed by atoms with van der Waals surface area (Å²) in [5, 5.41) is 0.148. The van der Waals surface area contributed by atoms with Gasteiger partial charge in [-0.2, -0.15) is 8.61 Å². The molecule has 0 amide bonds. The number of rotatable bonds is 6. The molecule has 11 heteroatoms. The Labute approximate surface area is 182 Å². The summed E-state index contributed by atoms with van der Waals surface area (Å²) in [5.74, 6) is 0.719. The maximum Gasteiger partial charge on any atom is 0.244 e. The molecule has 1 aliphatic heterocycles. The topological polar surface area (TPSA) is 93.2 Å². The third kappa shape index (κ3) is 4.15. The summed E-state index contributed by atoms with van der Waals surface area (Å²) < 4.78 is 65.0.